The Balaban J connectivity index is 2.04. The molecule has 5 nitrogen and oxygen atoms in total. The van der Waals surface area contributed by atoms with Gasteiger partial charge in [0, 0.05) is 11.4 Å². The third-order valence-corrected chi connectivity index (χ3v) is 4.46. The van der Waals surface area contributed by atoms with Crippen molar-refractivity contribution >= 4 is 29.3 Å². The van der Waals surface area contributed by atoms with Gasteiger partial charge in [0.15, 0.2) is 0 Å². The molecule has 6 heteroatoms. The number of thioether (sulfide) groups is 1. The summed E-state index contributed by atoms with van der Waals surface area (Å²) in [6.07, 6.45) is 0. The Morgan fingerprint density at radius 2 is 2.15 bits per heavy atom. The molecule has 1 aromatic carbocycles. The fraction of sp³-hybridized carbons (Fsp3) is 0.429. The lowest BCUT2D eigenvalue weighted by molar-refractivity contribution is -0.120. The van der Waals surface area contributed by atoms with Gasteiger partial charge in [-0.2, -0.15) is 0 Å². The molecule has 0 saturated carbocycles. The van der Waals surface area contributed by atoms with Crippen molar-refractivity contribution in [2.45, 2.75) is 11.8 Å². The van der Waals surface area contributed by atoms with Crippen LogP contribution in [0.5, 0.6) is 0 Å². The predicted octanol–water partition coefficient (Wildman–Crippen LogP) is 1.06. The predicted molar refractivity (Wildman–Crippen MR) is 80.5 cm³/mol. The highest BCUT2D eigenvalue weighted by molar-refractivity contribution is 8.00. The van der Waals surface area contributed by atoms with Crippen LogP contribution in [0.25, 0.3) is 0 Å². The third kappa shape index (κ3) is 3.74. The Hall–Kier alpha value is -1.53. The number of hydrogen-bond acceptors (Lipinski definition) is 4. The first-order chi connectivity index (χ1) is 9.58. The maximum absolute atomic E-state index is 12.3. The van der Waals surface area contributed by atoms with Crippen molar-refractivity contribution in [3.8, 4) is 0 Å². The SMILES string of the molecule is C[C@@H]1CNC[C@H]1C(=O)Nc1ccccc1SCC(N)=O. The average Bonchev–Trinajstić information content (AvgIpc) is 2.84. The van der Waals surface area contributed by atoms with Gasteiger partial charge < -0.3 is 16.4 Å². The minimum absolute atomic E-state index is 0.0100. The van der Waals surface area contributed by atoms with Crippen molar-refractivity contribution in [2.24, 2.45) is 17.6 Å². The van der Waals surface area contributed by atoms with Crippen LogP contribution in [0.15, 0.2) is 29.2 Å². The minimum atomic E-state index is -0.371. The molecule has 1 aliphatic heterocycles. The zero-order valence-electron chi connectivity index (χ0n) is 11.4. The smallest absolute Gasteiger partial charge is 0.229 e. The van der Waals surface area contributed by atoms with E-state index in [1.54, 1.807) is 0 Å². The Bertz CT molecular complexity index is 507. The normalized spacial score (nSPS) is 21.6. The van der Waals surface area contributed by atoms with Crippen LogP contribution in [-0.2, 0) is 9.59 Å². The summed E-state index contributed by atoms with van der Waals surface area (Å²) in [7, 11) is 0. The molecule has 0 bridgehead atoms. The van der Waals surface area contributed by atoms with Crippen molar-refractivity contribution in [1.29, 1.82) is 0 Å². The summed E-state index contributed by atoms with van der Waals surface area (Å²) in [6, 6.07) is 7.45. The molecule has 0 radical (unpaired) electrons. The van der Waals surface area contributed by atoms with E-state index in [9.17, 15) is 9.59 Å². The standard InChI is InChI=1S/C14H19N3O2S/c1-9-6-16-7-10(9)14(19)17-11-4-2-3-5-12(11)20-8-13(15)18/h2-5,9-10,16H,6-8H2,1H3,(H2,15,18)(H,17,19)/t9-,10-/m1/s1. The molecule has 2 rings (SSSR count). The van der Waals surface area contributed by atoms with Gasteiger partial charge in [-0.25, -0.2) is 0 Å². The Morgan fingerprint density at radius 1 is 1.40 bits per heavy atom. The van der Waals surface area contributed by atoms with E-state index in [2.05, 4.69) is 17.6 Å². The van der Waals surface area contributed by atoms with Crippen LogP contribution in [0.1, 0.15) is 6.92 Å². The Kier molecular flexibility index (Phi) is 5.03. The Morgan fingerprint density at radius 3 is 2.80 bits per heavy atom. The Labute approximate surface area is 122 Å². The molecule has 0 unspecified atom stereocenters. The van der Waals surface area contributed by atoms with Crippen molar-refractivity contribution in [1.82, 2.24) is 5.32 Å². The molecular formula is C14H19N3O2S. The fourth-order valence-electron chi connectivity index (χ4n) is 2.23. The summed E-state index contributed by atoms with van der Waals surface area (Å²) in [4.78, 5) is 24.0. The van der Waals surface area contributed by atoms with Gasteiger partial charge in [-0.3, -0.25) is 9.59 Å². The molecular weight excluding hydrogens is 274 g/mol. The van der Waals surface area contributed by atoms with E-state index in [1.165, 1.54) is 11.8 Å². The maximum Gasteiger partial charge on any atom is 0.229 e. The van der Waals surface area contributed by atoms with Crippen molar-refractivity contribution in [2.75, 3.05) is 24.2 Å². The van der Waals surface area contributed by atoms with Gasteiger partial charge in [-0.15, -0.1) is 11.8 Å². The highest BCUT2D eigenvalue weighted by Gasteiger charge is 2.29. The lowest BCUT2D eigenvalue weighted by atomic mass is 9.97. The topological polar surface area (TPSA) is 84.2 Å². The summed E-state index contributed by atoms with van der Waals surface area (Å²) in [5, 5.41) is 6.17. The zero-order valence-corrected chi connectivity index (χ0v) is 12.2. The van der Waals surface area contributed by atoms with Crippen LogP contribution in [-0.4, -0.2) is 30.7 Å². The lowest BCUT2D eigenvalue weighted by Crippen LogP contribution is -2.28. The highest BCUT2D eigenvalue weighted by atomic mass is 32.2. The van der Waals surface area contributed by atoms with Crippen molar-refractivity contribution < 1.29 is 9.59 Å². The number of nitrogens with one attached hydrogen (secondary N) is 2. The molecule has 0 spiro atoms. The molecule has 2 amide bonds. The number of primary amides is 1. The summed E-state index contributed by atoms with van der Waals surface area (Å²) < 4.78 is 0. The first-order valence-electron chi connectivity index (χ1n) is 6.59. The molecule has 1 aliphatic rings. The molecule has 0 aliphatic carbocycles. The summed E-state index contributed by atoms with van der Waals surface area (Å²) in [6.45, 7) is 3.65. The second kappa shape index (κ2) is 6.76. The molecule has 1 aromatic rings. The van der Waals surface area contributed by atoms with Gasteiger partial charge in [0.25, 0.3) is 0 Å². The van der Waals surface area contributed by atoms with E-state index in [1.807, 2.05) is 24.3 Å². The van der Waals surface area contributed by atoms with Gasteiger partial charge in [0.1, 0.15) is 0 Å². The van der Waals surface area contributed by atoms with Crippen LogP contribution in [0, 0.1) is 11.8 Å². The van der Waals surface area contributed by atoms with E-state index in [-0.39, 0.29) is 23.5 Å². The van der Waals surface area contributed by atoms with Crippen LogP contribution in [0.2, 0.25) is 0 Å². The van der Waals surface area contributed by atoms with Gasteiger partial charge >= 0.3 is 0 Å². The molecule has 4 N–H and O–H groups in total. The first-order valence-corrected chi connectivity index (χ1v) is 7.58. The third-order valence-electron chi connectivity index (χ3n) is 3.37. The number of carbonyl (C=O) groups excluding carboxylic acids is 2. The monoisotopic (exact) mass is 293 g/mol. The number of hydrogen-bond donors (Lipinski definition) is 3. The van der Waals surface area contributed by atoms with Gasteiger partial charge in [0.05, 0.1) is 17.4 Å². The first kappa shape index (κ1) is 14.9. The van der Waals surface area contributed by atoms with E-state index in [4.69, 9.17) is 5.73 Å². The molecule has 0 aromatic heterocycles. The summed E-state index contributed by atoms with van der Waals surface area (Å²) >= 11 is 1.34. The van der Waals surface area contributed by atoms with Gasteiger partial charge in [-0.05, 0) is 24.6 Å². The molecule has 1 fully saturated rings. The van der Waals surface area contributed by atoms with Gasteiger partial charge in [0.2, 0.25) is 11.8 Å². The number of nitrogens with two attached hydrogens (primary N) is 1. The minimum Gasteiger partial charge on any atom is -0.369 e. The van der Waals surface area contributed by atoms with Crippen LogP contribution in [0.4, 0.5) is 5.69 Å². The summed E-state index contributed by atoms with van der Waals surface area (Å²) in [5.74, 6) is 0.179. The zero-order chi connectivity index (χ0) is 14.5. The second-order valence-corrected chi connectivity index (χ2v) is 6.00. The number of para-hydroxylation sites is 1. The van der Waals surface area contributed by atoms with E-state index < -0.39 is 0 Å². The average molecular weight is 293 g/mol. The molecule has 1 heterocycles. The number of benzene rings is 1. The van der Waals surface area contributed by atoms with E-state index >= 15 is 0 Å². The molecule has 1 saturated heterocycles. The lowest BCUT2D eigenvalue weighted by Gasteiger charge is -2.16. The quantitative estimate of drug-likeness (QED) is 0.709. The van der Waals surface area contributed by atoms with E-state index in [0.717, 1.165) is 17.1 Å². The number of carbonyl (C=O) groups is 2. The fourth-order valence-corrected chi connectivity index (χ4v) is 2.98. The number of amides is 2. The van der Waals surface area contributed by atoms with E-state index in [0.29, 0.717) is 12.5 Å². The van der Waals surface area contributed by atoms with Crippen LogP contribution in [0.3, 0.4) is 0 Å². The van der Waals surface area contributed by atoms with Crippen molar-refractivity contribution in [3.05, 3.63) is 24.3 Å². The highest BCUT2D eigenvalue weighted by Crippen LogP contribution is 2.28. The molecule has 108 valence electrons. The van der Waals surface area contributed by atoms with Crippen LogP contribution < -0.4 is 16.4 Å². The number of anilines is 1. The summed E-state index contributed by atoms with van der Waals surface area (Å²) in [5.41, 5.74) is 5.89. The van der Waals surface area contributed by atoms with Crippen LogP contribution >= 0.6 is 11.8 Å². The maximum atomic E-state index is 12.3. The van der Waals surface area contributed by atoms with Crippen molar-refractivity contribution in [3.63, 3.8) is 0 Å². The number of rotatable bonds is 5. The largest absolute Gasteiger partial charge is 0.369 e. The molecule has 20 heavy (non-hydrogen) atoms. The second-order valence-electron chi connectivity index (χ2n) is 4.98. The molecule has 2 atom stereocenters. The van der Waals surface area contributed by atoms with Gasteiger partial charge in [-0.1, -0.05) is 19.1 Å².